The molecule has 0 amide bonds. The smallest absolute Gasteiger partial charge is 0.279 e. The highest BCUT2D eigenvalue weighted by Gasteiger charge is 2.30. The summed E-state index contributed by atoms with van der Waals surface area (Å²) in [6, 6.07) is 16.2. The standard InChI is InChI=1S/C23H21ClN6O/c24-18-7-3-4-8-19(18)29-11-13-30(14-12-29)22-17-6-2-1-5-16(17)20(26-27-22)23-25-21(28-31-23)15-9-10-15/h1-8,15H,9-14H2. The Balaban J connectivity index is 1.30. The molecule has 4 aromatic rings. The van der Waals surface area contributed by atoms with Gasteiger partial charge in [0.1, 0.15) is 0 Å². The zero-order valence-electron chi connectivity index (χ0n) is 16.9. The molecule has 0 N–H and O–H groups in total. The highest BCUT2D eigenvalue weighted by Crippen LogP contribution is 2.39. The Morgan fingerprint density at radius 1 is 0.839 bits per heavy atom. The summed E-state index contributed by atoms with van der Waals surface area (Å²) < 4.78 is 5.52. The van der Waals surface area contributed by atoms with E-state index in [9.17, 15) is 0 Å². The molecule has 1 saturated carbocycles. The van der Waals surface area contributed by atoms with Crippen molar-refractivity contribution in [1.29, 1.82) is 0 Å². The molecule has 31 heavy (non-hydrogen) atoms. The fourth-order valence-electron chi connectivity index (χ4n) is 4.19. The summed E-state index contributed by atoms with van der Waals surface area (Å²) in [6.45, 7) is 3.43. The van der Waals surface area contributed by atoms with Crippen LogP contribution >= 0.6 is 11.6 Å². The Bertz CT molecular complexity index is 1250. The molecule has 2 aromatic heterocycles. The lowest BCUT2D eigenvalue weighted by Crippen LogP contribution is -2.47. The first-order valence-electron chi connectivity index (χ1n) is 10.6. The number of hydrogen-bond donors (Lipinski definition) is 0. The van der Waals surface area contributed by atoms with Crippen molar-refractivity contribution >= 4 is 33.9 Å². The second kappa shape index (κ2) is 7.50. The molecule has 1 aliphatic heterocycles. The van der Waals surface area contributed by atoms with Crippen LogP contribution in [-0.2, 0) is 0 Å². The van der Waals surface area contributed by atoms with Crippen LogP contribution in [0.15, 0.2) is 53.1 Å². The number of aromatic nitrogens is 4. The van der Waals surface area contributed by atoms with E-state index in [1.807, 2.05) is 36.4 Å². The Labute approximate surface area is 184 Å². The molecule has 3 heterocycles. The van der Waals surface area contributed by atoms with E-state index < -0.39 is 0 Å². The third kappa shape index (κ3) is 3.39. The van der Waals surface area contributed by atoms with Gasteiger partial charge in [0.25, 0.3) is 5.89 Å². The van der Waals surface area contributed by atoms with Gasteiger partial charge in [-0.1, -0.05) is 53.2 Å². The van der Waals surface area contributed by atoms with Gasteiger partial charge in [-0.3, -0.25) is 0 Å². The predicted octanol–water partition coefficient (Wildman–Crippen LogP) is 4.54. The molecule has 1 aliphatic carbocycles. The summed E-state index contributed by atoms with van der Waals surface area (Å²) >= 11 is 6.39. The second-order valence-corrected chi connectivity index (χ2v) is 8.48. The maximum atomic E-state index is 6.39. The number of halogens is 1. The Morgan fingerprint density at radius 2 is 1.55 bits per heavy atom. The Morgan fingerprint density at radius 3 is 2.32 bits per heavy atom. The molecule has 7 nitrogen and oxygen atoms in total. The van der Waals surface area contributed by atoms with Gasteiger partial charge < -0.3 is 14.3 Å². The van der Waals surface area contributed by atoms with E-state index in [-0.39, 0.29) is 0 Å². The summed E-state index contributed by atoms with van der Waals surface area (Å²) in [5.74, 6) is 2.55. The lowest BCUT2D eigenvalue weighted by atomic mass is 10.1. The van der Waals surface area contributed by atoms with Crippen LogP contribution in [0.2, 0.25) is 5.02 Å². The number of piperazine rings is 1. The van der Waals surface area contributed by atoms with Gasteiger partial charge in [-0.2, -0.15) is 4.98 Å². The molecule has 0 unspecified atom stereocenters. The van der Waals surface area contributed by atoms with Crippen LogP contribution in [0.3, 0.4) is 0 Å². The Kier molecular flexibility index (Phi) is 4.49. The topological polar surface area (TPSA) is 71.2 Å². The second-order valence-electron chi connectivity index (χ2n) is 8.08. The highest BCUT2D eigenvalue weighted by atomic mass is 35.5. The number of para-hydroxylation sites is 1. The highest BCUT2D eigenvalue weighted by molar-refractivity contribution is 6.33. The molecule has 0 radical (unpaired) electrons. The van der Waals surface area contributed by atoms with Crippen molar-refractivity contribution in [3.8, 4) is 11.6 Å². The van der Waals surface area contributed by atoms with Crippen LogP contribution in [0.1, 0.15) is 24.6 Å². The molecular weight excluding hydrogens is 412 g/mol. The van der Waals surface area contributed by atoms with Crippen LogP contribution in [0.5, 0.6) is 0 Å². The van der Waals surface area contributed by atoms with Crippen molar-refractivity contribution in [2.75, 3.05) is 36.0 Å². The van der Waals surface area contributed by atoms with Crippen LogP contribution in [0, 0.1) is 0 Å². The van der Waals surface area contributed by atoms with E-state index in [1.165, 1.54) is 0 Å². The zero-order chi connectivity index (χ0) is 20.8. The fourth-order valence-corrected chi connectivity index (χ4v) is 4.44. The monoisotopic (exact) mass is 432 g/mol. The number of fused-ring (bicyclic) bond motifs is 1. The first-order chi connectivity index (χ1) is 15.3. The van der Waals surface area contributed by atoms with Crippen LogP contribution in [0.4, 0.5) is 11.5 Å². The average Bonchev–Trinajstić information content (AvgIpc) is 3.56. The minimum absolute atomic E-state index is 0.436. The first kappa shape index (κ1) is 18.6. The third-order valence-electron chi connectivity index (χ3n) is 6.03. The SMILES string of the molecule is Clc1ccccc1N1CCN(c2nnc(-c3nc(C4CC4)no3)c3ccccc23)CC1. The maximum Gasteiger partial charge on any atom is 0.279 e. The van der Waals surface area contributed by atoms with Gasteiger partial charge in [-0.05, 0) is 25.0 Å². The minimum atomic E-state index is 0.436. The maximum absolute atomic E-state index is 6.39. The largest absolute Gasteiger partial charge is 0.367 e. The zero-order valence-corrected chi connectivity index (χ0v) is 17.7. The molecule has 0 bridgehead atoms. The van der Waals surface area contributed by atoms with E-state index in [2.05, 4.69) is 42.3 Å². The van der Waals surface area contributed by atoms with Crippen molar-refractivity contribution in [2.24, 2.45) is 0 Å². The van der Waals surface area contributed by atoms with Crippen LogP contribution in [-0.4, -0.2) is 46.5 Å². The first-order valence-corrected chi connectivity index (χ1v) is 11.0. The number of anilines is 2. The quantitative estimate of drug-likeness (QED) is 0.469. The molecule has 6 rings (SSSR count). The van der Waals surface area contributed by atoms with Crippen LogP contribution < -0.4 is 9.80 Å². The van der Waals surface area contributed by atoms with E-state index in [0.29, 0.717) is 17.5 Å². The van der Waals surface area contributed by atoms with Gasteiger partial charge in [0.05, 0.1) is 10.7 Å². The van der Waals surface area contributed by atoms with E-state index in [1.54, 1.807) is 0 Å². The van der Waals surface area contributed by atoms with Gasteiger partial charge in [-0.15, -0.1) is 10.2 Å². The van der Waals surface area contributed by atoms with Gasteiger partial charge in [0, 0.05) is 42.9 Å². The van der Waals surface area contributed by atoms with Crippen molar-refractivity contribution in [3.05, 3.63) is 59.4 Å². The number of nitrogens with zero attached hydrogens (tertiary/aromatic N) is 6. The van der Waals surface area contributed by atoms with E-state index >= 15 is 0 Å². The minimum Gasteiger partial charge on any atom is -0.367 e. The third-order valence-corrected chi connectivity index (χ3v) is 6.35. The normalized spacial score (nSPS) is 16.8. The number of benzene rings is 2. The molecule has 2 fully saturated rings. The molecule has 2 aliphatic rings. The predicted molar refractivity (Wildman–Crippen MR) is 121 cm³/mol. The molecule has 1 saturated heterocycles. The lowest BCUT2D eigenvalue weighted by molar-refractivity contribution is 0.421. The summed E-state index contributed by atoms with van der Waals surface area (Å²) in [5.41, 5.74) is 1.73. The fraction of sp³-hybridized carbons (Fsp3) is 0.304. The molecule has 156 valence electrons. The van der Waals surface area contributed by atoms with Crippen molar-refractivity contribution in [3.63, 3.8) is 0 Å². The lowest BCUT2D eigenvalue weighted by Gasteiger charge is -2.37. The number of hydrogen-bond acceptors (Lipinski definition) is 7. The number of rotatable bonds is 4. The van der Waals surface area contributed by atoms with Gasteiger partial charge in [0.2, 0.25) is 0 Å². The summed E-state index contributed by atoms with van der Waals surface area (Å²) in [5, 5.41) is 16.1. The van der Waals surface area contributed by atoms with Gasteiger partial charge in [-0.25, -0.2) is 0 Å². The Hall–Kier alpha value is -3.19. The molecule has 0 atom stereocenters. The van der Waals surface area contributed by atoms with Crippen molar-refractivity contribution in [2.45, 2.75) is 18.8 Å². The summed E-state index contributed by atoms with van der Waals surface area (Å²) in [6.07, 6.45) is 2.26. The molecule has 8 heteroatoms. The van der Waals surface area contributed by atoms with Crippen molar-refractivity contribution < 1.29 is 4.52 Å². The van der Waals surface area contributed by atoms with Gasteiger partial charge in [0.15, 0.2) is 17.3 Å². The van der Waals surface area contributed by atoms with Crippen LogP contribution in [0.25, 0.3) is 22.4 Å². The molecule has 2 aromatic carbocycles. The van der Waals surface area contributed by atoms with Crippen molar-refractivity contribution in [1.82, 2.24) is 20.3 Å². The summed E-state index contributed by atoms with van der Waals surface area (Å²) in [7, 11) is 0. The molecule has 0 spiro atoms. The van der Waals surface area contributed by atoms with Gasteiger partial charge >= 0.3 is 0 Å². The average molecular weight is 433 g/mol. The van der Waals surface area contributed by atoms with E-state index in [4.69, 9.17) is 16.1 Å². The molecular formula is C23H21ClN6O. The summed E-state index contributed by atoms with van der Waals surface area (Å²) in [4.78, 5) is 9.18. The van der Waals surface area contributed by atoms with E-state index in [0.717, 1.165) is 72.1 Å².